The molecular weight excluding hydrogens is 191 g/mol. The fourth-order valence-electron chi connectivity index (χ4n) is 0.893. The molecule has 1 nitrogen and oxygen atoms in total. The van der Waals surface area contributed by atoms with Crippen LogP contribution < -0.4 is 0 Å². The smallest absolute Gasteiger partial charge is 0.126 e. The van der Waals surface area contributed by atoms with Crippen LogP contribution in [0, 0.1) is 12.7 Å². The molecule has 2 heteroatoms. The first-order chi connectivity index (χ1) is 7.24. The summed E-state index contributed by atoms with van der Waals surface area (Å²) in [5, 5.41) is 0. The van der Waals surface area contributed by atoms with Crippen molar-refractivity contribution in [3.05, 3.63) is 35.1 Å². The molecule has 0 fully saturated rings. The molecule has 0 saturated carbocycles. The van der Waals surface area contributed by atoms with E-state index in [4.69, 9.17) is 4.74 Å². The summed E-state index contributed by atoms with van der Waals surface area (Å²) in [6, 6.07) is 5.12. The standard InChI is InChI=1S/C9H11FO.2C2H6/c1-7-3-4-8(6-11-2)5-9(7)10;2*1-2/h3-5H,6H2,1-2H3;2*1-2H3. The Labute approximate surface area is 93.3 Å². The predicted molar refractivity (Wildman–Crippen MR) is 64.5 cm³/mol. The van der Waals surface area contributed by atoms with Crippen molar-refractivity contribution in [2.45, 2.75) is 41.2 Å². The van der Waals surface area contributed by atoms with Gasteiger partial charge in [-0.15, -0.1) is 0 Å². The molecule has 0 aliphatic carbocycles. The molecule has 1 rings (SSSR count). The molecule has 0 bridgehead atoms. The van der Waals surface area contributed by atoms with Gasteiger partial charge in [0.2, 0.25) is 0 Å². The van der Waals surface area contributed by atoms with E-state index in [0.717, 1.165) is 5.56 Å². The number of hydrogen-bond donors (Lipinski definition) is 0. The Kier molecular flexibility index (Phi) is 12.3. The van der Waals surface area contributed by atoms with Crippen molar-refractivity contribution in [1.82, 2.24) is 0 Å². The molecule has 0 heterocycles. The lowest BCUT2D eigenvalue weighted by atomic mass is 10.1. The third-order valence-corrected chi connectivity index (χ3v) is 1.55. The lowest BCUT2D eigenvalue weighted by Crippen LogP contribution is -1.90. The van der Waals surface area contributed by atoms with E-state index in [1.165, 1.54) is 6.07 Å². The van der Waals surface area contributed by atoms with Crippen molar-refractivity contribution < 1.29 is 9.13 Å². The van der Waals surface area contributed by atoms with Crippen LogP contribution in [0.1, 0.15) is 38.8 Å². The van der Waals surface area contributed by atoms with Gasteiger partial charge >= 0.3 is 0 Å². The summed E-state index contributed by atoms with van der Waals surface area (Å²) in [5.74, 6) is -0.167. The normalized spacial score (nSPS) is 8.20. The Balaban J connectivity index is 0. The summed E-state index contributed by atoms with van der Waals surface area (Å²) in [4.78, 5) is 0. The quantitative estimate of drug-likeness (QED) is 0.712. The maximum absolute atomic E-state index is 12.8. The summed E-state index contributed by atoms with van der Waals surface area (Å²) in [5.41, 5.74) is 1.54. The Hall–Kier alpha value is -0.890. The van der Waals surface area contributed by atoms with E-state index < -0.39 is 0 Å². The molecule has 1 aromatic rings. The van der Waals surface area contributed by atoms with E-state index in [1.807, 2.05) is 33.8 Å². The molecule has 0 saturated heterocycles. The van der Waals surface area contributed by atoms with Crippen molar-refractivity contribution in [2.75, 3.05) is 7.11 Å². The zero-order valence-corrected chi connectivity index (χ0v) is 10.7. The van der Waals surface area contributed by atoms with Gasteiger partial charge < -0.3 is 4.74 Å². The molecule has 0 spiro atoms. The summed E-state index contributed by atoms with van der Waals surface area (Å²) in [6.45, 7) is 10.2. The molecule has 0 unspecified atom stereocenters. The third-order valence-electron chi connectivity index (χ3n) is 1.55. The van der Waals surface area contributed by atoms with Crippen molar-refractivity contribution in [1.29, 1.82) is 0 Å². The van der Waals surface area contributed by atoms with Gasteiger partial charge in [-0.25, -0.2) is 4.39 Å². The molecular formula is C13H23FO. The first-order valence-electron chi connectivity index (χ1n) is 5.48. The molecule has 0 amide bonds. The van der Waals surface area contributed by atoms with Crippen LogP contribution in [0.5, 0.6) is 0 Å². The topological polar surface area (TPSA) is 9.23 Å². The number of hydrogen-bond acceptors (Lipinski definition) is 1. The molecule has 15 heavy (non-hydrogen) atoms. The van der Waals surface area contributed by atoms with E-state index in [1.54, 1.807) is 20.1 Å². The van der Waals surface area contributed by atoms with Gasteiger partial charge in [-0.2, -0.15) is 0 Å². The van der Waals surface area contributed by atoms with Gasteiger partial charge in [-0.05, 0) is 24.1 Å². The highest BCUT2D eigenvalue weighted by Gasteiger charge is 1.97. The van der Waals surface area contributed by atoms with E-state index in [9.17, 15) is 4.39 Å². The second-order valence-corrected chi connectivity index (χ2v) is 2.52. The number of benzene rings is 1. The number of rotatable bonds is 2. The second-order valence-electron chi connectivity index (χ2n) is 2.52. The molecule has 0 aromatic heterocycles. The van der Waals surface area contributed by atoms with E-state index in [0.29, 0.717) is 12.2 Å². The highest BCUT2D eigenvalue weighted by atomic mass is 19.1. The van der Waals surface area contributed by atoms with Gasteiger partial charge in [0.1, 0.15) is 5.82 Å². The fourth-order valence-corrected chi connectivity index (χ4v) is 0.893. The predicted octanol–water partition coefficient (Wildman–Crippen LogP) is 4.33. The Bertz CT molecular complexity index is 246. The maximum Gasteiger partial charge on any atom is 0.126 e. The van der Waals surface area contributed by atoms with Gasteiger partial charge in [0, 0.05) is 7.11 Å². The SMILES string of the molecule is CC.CC.COCc1ccc(C)c(F)c1. The molecule has 0 atom stereocenters. The highest BCUT2D eigenvalue weighted by Crippen LogP contribution is 2.09. The fraction of sp³-hybridized carbons (Fsp3) is 0.538. The van der Waals surface area contributed by atoms with Crippen LogP contribution in [0.2, 0.25) is 0 Å². The van der Waals surface area contributed by atoms with Gasteiger partial charge in [0.05, 0.1) is 6.61 Å². The van der Waals surface area contributed by atoms with Crippen LogP contribution in [0.4, 0.5) is 4.39 Å². The number of halogens is 1. The van der Waals surface area contributed by atoms with Crippen molar-refractivity contribution in [3.63, 3.8) is 0 Å². The minimum Gasteiger partial charge on any atom is -0.380 e. The van der Waals surface area contributed by atoms with Crippen LogP contribution in [-0.2, 0) is 11.3 Å². The Morgan fingerprint density at radius 3 is 2.07 bits per heavy atom. The third kappa shape index (κ3) is 7.09. The van der Waals surface area contributed by atoms with Crippen LogP contribution in [0.25, 0.3) is 0 Å². The maximum atomic E-state index is 12.8. The van der Waals surface area contributed by atoms with E-state index in [2.05, 4.69) is 0 Å². The highest BCUT2D eigenvalue weighted by molar-refractivity contribution is 5.22. The van der Waals surface area contributed by atoms with Crippen molar-refractivity contribution in [2.24, 2.45) is 0 Å². The minimum absolute atomic E-state index is 0.167. The first kappa shape index (κ1) is 16.5. The first-order valence-corrected chi connectivity index (χ1v) is 5.48. The van der Waals surface area contributed by atoms with Crippen molar-refractivity contribution in [3.8, 4) is 0 Å². The Morgan fingerprint density at radius 1 is 1.13 bits per heavy atom. The number of ether oxygens (including phenoxy) is 1. The van der Waals surface area contributed by atoms with Crippen LogP contribution in [0.3, 0.4) is 0 Å². The molecule has 88 valence electrons. The lowest BCUT2D eigenvalue weighted by Gasteiger charge is -2.00. The van der Waals surface area contributed by atoms with E-state index >= 15 is 0 Å². The van der Waals surface area contributed by atoms with Crippen LogP contribution in [-0.4, -0.2) is 7.11 Å². The van der Waals surface area contributed by atoms with Crippen LogP contribution in [0.15, 0.2) is 18.2 Å². The molecule has 0 N–H and O–H groups in total. The average Bonchev–Trinajstić information content (AvgIpc) is 2.30. The second kappa shape index (κ2) is 11.2. The summed E-state index contributed by atoms with van der Waals surface area (Å²) in [7, 11) is 1.60. The largest absolute Gasteiger partial charge is 0.380 e. The number of methoxy groups -OCH3 is 1. The number of aryl methyl sites for hydroxylation is 1. The lowest BCUT2D eigenvalue weighted by molar-refractivity contribution is 0.184. The minimum atomic E-state index is -0.167. The van der Waals surface area contributed by atoms with Crippen LogP contribution >= 0.6 is 0 Å². The summed E-state index contributed by atoms with van der Waals surface area (Å²) in [6.07, 6.45) is 0. The summed E-state index contributed by atoms with van der Waals surface area (Å²) < 4.78 is 17.7. The summed E-state index contributed by atoms with van der Waals surface area (Å²) >= 11 is 0. The van der Waals surface area contributed by atoms with Gasteiger partial charge in [-0.1, -0.05) is 39.8 Å². The Morgan fingerprint density at radius 2 is 1.67 bits per heavy atom. The molecule has 0 aliphatic heterocycles. The zero-order valence-electron chi connectivity index (χ0n) is 10.7. The monoisotopic (exact) mass is 214 g/mol. The van der Waals surface area contributed by atoms with Gasteiger partial charge in [0.25, 0.3) is 0 Å². The van der Waals surface area contributed by atoms with Gasteiger partial charge in [0.15, 0.2) is 0 Å². The van der Waals surface area contributed by atoms with Gasteiger partial charge in [-0.3, -0.25) is 0 Å². The average molecular weight is 214 g/mol. The molecule has 1 aromatic carbocycles. The molecule has 0 radical (unpaired) electrons. The zero-order chi connectivity index (χ0) is 12.3. The van der Waals surface area contributed by atoms with Crippen molar-refractivity contribution >= 4 is 0 Å². The molecule has 0 aliphatic rings. The van der Waals surface area contributed by atoms with E-state index in [-0.39, 0.29) is 5.82 Å².